The van der Waals surface area contributed by atoms with E-state index in [1.54, 1.807) is 32.0 Å². The third-order valence-electron chi connectivity index (χ3n) is 4.15. The SMILES string of the molecule is CNCC1CCN(C(=O)C(C)(C)c2ccccc2F)C1.Cl. The Morgan fingerprint density at radius 2 is 2.10 bits per heavy atom. The number of nitrogens with zero attached hydrogens (tertiary/aromatic N) is 1. The molecule has 0 radical (unpaired) electrons. The van der Waals surface area contributed by atoms with Gasteiger partial charge in [-0.3, -0.25) is 4.79 Å². The van der Waals surface area contributed by atoms with Gasteiger partial charge in [-0.25, -0.2) is 4.39 Å². The number of benzene rings is 1. The maximum Gasteiger partial charge on any atom is 0.232 e. The van der Waals surface area contributed by atoms with Crippen LogP contribution in [0.3, 0.4) is 0 Å². The average molecular weight is 315 g/mol. The van der Waals surface area contributed by atoms with Gasteiger partial charge in [0.25, 0.3) is 0 Å². The highest BCUT2D eigenvalue weighted by molar-refractivity contribution is 5.87. The van der Waals surface area contributed by atoms with E-state index < -0.39 is 5.41 Å². The molecule has 1 fully saturated rings. The van der Waals surface area contributed by atoms with Crippen molar-refractivity contribution in [1.82, 2.24) is 10.2 Å². The van der Waals surface area contributed by atoms with E-state index in [9.17, 15) is 9.18 Å². The fraction of sp³-hybridized carbons (Fsp3) is 0.562. The van der Waals surface area contributed by atoms with Crippen molar-refractivity contribution in [1.29, 1.82) is 0 Å². The number of hydrogen-bond donors (Lipinski definition) is 1. The molecule has 1 saturated heterocycles. The molecule has 0 aliphatic carbocycles. The van der Waals surface area contributed by atoms with Gasteiger partial charge < -0.3 is 10.2 Å². The van der Waals surface area contributed by atoms with E-state index >= 15 is 0 Å². The fourth-order valence-electron chi connectivity index (χ4n) is 2.95. The van der Waals surface area contributed by atoms with Crippen LogP contribution in [0.2, 0.25) is 0 Å². The lowest BCUT2D eigenvalue weighted by atomic mass is 9.83. The molecule has 0 saturated carbocycles. The summed E-state index contributed by atoms with van der Waals surface area (Å²) >= 11 is 0. The van der Waals surface area contributed by atoms with Gasteiger partial charge in [0.2, 0.25) is 5.91 Å². The van der Waals surface area contributed by atoms with Crippen LogP contribution in [0.1, 0.15) is 25.8 Å². The van der Waals surface area contributed by atoms with E-state index in [1.165, 1.54) is 6.07 Å². The van der Waals surface area contributed by atoms with Gasteiger partial charge in [0, 0.05) is 18.7 Å². The van der Waals surface area contributed by atoms with Crippen LogP contribution in [-0.4, -0.2) is 37.5 Å². The summed E-state index contributed by atoms with van der Waals surface area (Å²) < 4.78 is 13.9. The minimum atomic E-state index is -0.820. The monoisotopic (exact) mass is 314 g/mol. The normalized spacial score (nSPS) is 18.5. The molecule has 1 aromatic carbocycles. The number of rotatable bonds is 4. The van der Waals surface area contributed by atoms with Gasteiger partial charge >= 0.3 is 0 Å². The Labute approximate surface area is 132 Å². The van der Waals surface area contributed by atoms with Crippen LogP contribution in [0.5, 0.6) is 0 Å². The zero-order valence-corrected chi connectivity index (χ0v) is 13.7. The Balaban J connectivity index is 0.00000220. The van der Waals surface area contributed by atoms with Crippen molar-refractivity contribution >= 4 is 18.3 Å². The molecule has 1 atom stereocenters. The highest BCUT2D eigenvalue weighted by Gasteiger charge is 2.38. The summed E-state index contributed by atoms with van der Waals surface area (Å²) in [4.78, 5) is 14.6. The lowest BCUT2D eigenvalue weighted by Crippen LogP contribution is -2.43. The van der Waals surface area contributed by atoms with Crippen molar-refractivity contribution < 1.29 is 9.18 Å². The van der Waals surface area contributed by atoms with E-state index in [0.717, 1.165) is 26.1 Å². The zero-order valence-electron chi connectivity index (χ0n) is 12.9. The van der Waals surface area contributed by atoms with E-state index in [4.69, 9.17) is 0 Å². The van der Waals surface area contributed by atoms with Crippen LogP contribution in [0.15, 0.2) is 24.3 Å². The van der Waals surface area contributed by atoms with Crippen LogP contribution in [0.4, 0.5) is 4.39 Å². The summed E-state index contributed by atoms with van der Waals surface area (Å²) in [5, 5.41) is 3.15. The number of nitrogens with one attached hydrogen (secondary N) is 1. The highest BCUT2D eigenvalue weighted by atomic mass is 35.5. The van der Waals surface area contributed by atoms with Crippen LogP contribution in [-0.2, 0) is 10.2 Å². The molecule has 1 heterocycles. The first-order chi connectivity index (χ1) is 9.46. The summed E-state index contributed by atoms with van der Waals surface area (Å²) in [6, 6.07) is 6.55. The van der Waals surface area contributed by atoms with Crippen LogP contribution in [0.25, 0.3) is 0 Å². The molecule has 0 aromatic heterocycles. The Bertz CT molecular complexity index is 493. The first kappa shape index (κ1) is 17.9. The van der Waals surface area contributed by atoms with Crippen LogP contribution in [0, 0.1) is 11.7 Å². The molecule has 1 unspecified atom stereocenters. The number of carbonyl (C=O) groups is 1. The largest absolute Gasteiger partial charge is 0.342 e. The molecule has 2 rings (SSSR count). The van der Waals surface area contributed by atoms with E-state index in [1.807, 2.05) is 11.9 Å². The second-order valence-corrected chi connectivity index (χ2v) is 6.07. The Morgan fingerprint density at radius 1 is 1.43 bits per heavy atom. The minimum Gasteiger partial charge on any atom is -0.342 e. The van der Waals surface area contributed by atoms with Gasteiger partial charge in [-0.2, -0.15) is 0 Å². The lowest BCUT2D eigenvalue weighted by Gasteiger charge is -2.30. The molecule has 118 valence electrons. The predicted molar refractivity (Wildman–Crippen MR) is 85.3 cm³/mol. The van der Waals surface area contributed by atoms with Crippen molar-refractivity contribution in [3.05, 3.63) is 35.6 Å². The van der Waals surface area contributed by atoms with E-state index in [2.05, 4.69) is 5.32 Å². The Hall–Kier alpha value is -1.13. The van der Waals surface area contributed by atoms with Crippen molar-refractivity contribution in [2.45, 2.75) is 25.7 Å². The maximum atomic E-state index is 13.9. The molecule has 1 N–H and O–H groups in total. The first-order valence-electron chi connectivity index (χ1n) is 7.15. The second-order valence-electron chi connectivity index (χ2n) is 6.07. The second kappa shape index (κ2) is 7.23. The van der Waals surface area contributed by atoms with Crippen molar-refractivity contribution in [3.63, 3.8) is 0 Å². The Kier molecular flexibility index (Phi) is 6.17. The van der Waals surface area contributed by atoms with E-state index in [0.29, 0.717) is 11.5 Å². The lowest BCUT2D eigenvalue weighted by molar-refractivity contribution is -0.135. The molecular weight excluding hydrogens is 291 g/mol. The topological polar surface area (TPSA) is 32.3 Å². The van der Waals surface area contributed by atoms with Gasteiger partial charge in [0.15, 0.2) is 0 Å². The quantitative estimate of drug-likeness (QED) is 0.926. The summed E-state index contributed by atoms with van der Waals surface area (Å²) in [6.07, 6.45) is 1.01. The number of likely N-dealkylation sites (tertiary alicyclic amines) is 1. The number of hydrogen-bond acceptors (Lipinski definition) is 2. The Morgan fingerprint density at radius 3 is 2.71 bits per heavy atom. The molecule has 0 spiro atoms. The van der Waals surface area contributed by atoms with Crippen LogP contribution < -0.4 is 5.32 Å². The molecule has 5 heteroatoms. The summed E-state index contributed by atoms with van der Waals surface area (Å²) in [5.74, 6) is 0.207. The highest BCUT2D eigenvalue weighted by Crippen LogP contribution is 2.30. The number of halogens is 2. The fourth-order valence-corrected chi connectivity index (χ4v) is 2.95. The van der Waals surface area contributed by atoms with Crippen molar-refractivity contribution in [2.24, 2.45) is 5.92 Å². The molecule has 1 amide bonds. The van der Waals surface area contributed by atoms with Gasteiger partial charge in [-0.15, -0.1) is 12.4 Å². The third-order valence-corrected chi connectivity index (χ3v) is 4.15. The third kappa shape index (κ3) is 3.74. The smallest absolute Gasteiger partial charge is 0.232 e. The van der Waals surface area contributed by atoms with Gasteiger partial charge in [-0.1, -0.05) is 18.2 Å². The molecule has 0 bridgehead atoms. The molecule has 1 aliphatic heterocycles. The molecule has 1 aromatic rings. The molecular formula is C16H24ClFN2O. The van der Waals surface area contributed by atoms with Gasteiger partial charge in [-0.05, 0) is 45.8 Å². The summed E-state index contributed by atoms with van der Waals surface area (Å²) in [5.41, 5.74) is -0.345. The van der Waals surface area contributed by atoms with E-state index in [-0.39, 0.29) is 24.1 Å². The van der Waals surface area contributed by atoms with Gasteiger partial charge in [0.05, 0.1) is 5.41 Å². The van der Waals surface area contributed by atoms with Crippen molar-refractivity contribution in [3.8, 4) is 0 Å². The molecule has 1 aliphatic rings. The summed E-state index contributed by atoms with van der Waals surface area (Å²) in [7, 11) is 1.92. The first-order valence-corrected chi connectivity index (χ1v) is 7.15. The van der Waals surface area contributed by atoms with Gasteiger partial charge in [0.1, 0.15) is 5.82 Å². The number of amides is 1. The van der Waals surface area contributed by atoms with Crippen LogP contribution >= 0.6 is 12.4 Å². The molecule has 3 nitrogen and oxygen atoms in total. The average Bonchev–Trinajstić information content (AvgIpc) is 2.87. The standard InChI is InChI=1S/C16H23FN2O.ClH/c1-16(2,13-6-4-5-7-14(13)17)15(20)19-9-8-12(11-19)10-18-3;/h4-7,12,18H,8-11H2,1-3H3;1H. The maximum absolute atomic E-state index is 13.9. The van der Waals surface area contributed by atoms with Crippen molar-refractivity contribution in [2.75, 3.05) is 26.7 Å². The zero-order chi connectivity index (χ0) is 14.8. The minimum absolute atomic E-state index is 0. The summed E-state index contributed by atoms with van der Waals surface area (Å²) in [6.45, 7) is 6.06. The number of carbonyl (C=O) groups excluding carboxylic acids is 1. The predicted octanol–water partition coefficient (Wildman–Crippen LogP) is 2.59. The molecule has 21 heavy (non-hydrogen) atoms.